The molecule has 0 aliphatic rings. The molecule has 1 aromatic heterocycles. The van der Waals surface area contributed by atoms with Gasteiger partial charge >= 0.3 is 0 Å². The minimum Gasteiger partial charge on any atom is -0.273 e. The first-order chi connectivity index (χ1) is 7.45. The van der Waals surface area contributed by atoms with E-state index in [9.17, 15) is 0 Å². The van der Waals surface area contributed by atoms with Gasteiger partial charge in [0.15, 0.2) is 0 Å². The van der Waals surface area contributed by atoms with E-state index in [4.69, 9.17) is 0 Å². The predicted octanol–water partition coefficient (Wildman–Crippen LogP) is 2.91. The van der Waals surface area contributed by atoms with Gasteiger partial charge in [0.25, 0.3) is 0 Å². The van der Waals surface area contributed by atoms with Crippen LogP contribution in [0.25, 0.3) is 0 Å². The van der Waals surface area contributed by atoms with Crippen LogP contribution in [0.1, 0.15) is 18.4 Å². The fraction of sp³-hybridized carbons (Fsp3) is 0.308. The number of benzene rings is 1. The Morgan fingerprint density at radius 2 is 1.87 bits per heavy atom. The van der Waals surface area contributed by atoms with Gasteiger partial charge in [-0.25, -0.2) is 0 Å². The van der Waals surface area contributed by atoms with Gasteiger partial charge in [-0.1, -0.05) is 30.3 Å². The van der Waals surface area contributed by atoms with Crippen molar-refractivity contribution in [1.82, 2.24) is 9.78 Å². The van der Waals surface area contributed by atoms with Crippen LogP contribution in [0.15, 0.2) is 48.8 Å². The monoisotopic (exact) mass is 200 g/mol. The molecule has 0 N–H and O–H groups in total. The van der Waals surface area contributed by atoms with Crippen molar-refractivity contribution in [2.75, 3.05) is 0 Å². The first-order valence-electron chi connectivity index (χ1n) is 5.46. The summed E-state index contributed by atoms with van der Waals surface area (Å²) < 4.78 is 1.99. The molecule has 2 heteroatoms. The lowest BCUT2D eigenvalue weighted by Gasteiger charge is -2.02. The van der Waals surface area contributed by atoms with Gasteiger partial charge < -0.3 is 0 Å². The topological polar surface area (TPSA) is 17.8 Å². The van der Waals surface area contributed by atoms with E-state index in [0.717, 1.165) is 6.54 Å². The number of unbranched alkanes of at least 4 members (excludes halogenated alkanes) is 1. The van der Waals surface area contributed by atoms with Gasteiger partial charge in [0.2, 0.25) is 0 Å². The lowest BCUT2D eigenvalue weighted by atomic mass is 10.1. The number of aryl methyl sites for hydroxylation is 2. The second kappa shape index (κ2) is 5.35. The van der Waals surface area contributed by atoms with E-state index in [0.29, 0.717) is 0 Å². The lowest BCUT2D eigenvalue weighted by molar-refractivity contribution is 0.557. The maximum Gasteiger partial charge on any atom is 0.0489 e. The Morgan fingerprint density at radius 3 is 2.60 bits per heavy atom. The maximum atomic E-state index is 4.18. The summed E-state index contributed by atoms with van der Waals surface area (Å²) in [6.07, 6.45) is 7.43. The molecular weight excluding hydrogens is 184 g/mol. The summed E-state index contributed by atoms with van der Waals surface area (Å²) in [4.78, 5) is 0. The highest BCUT2D eigenvalue weighted by Crippen LogP contribution is 2.05. The Bertz CT molecular complexity index is 365. The fourth-order valence-electron chi connectivity index (χ4n) is 1.68. The molecule has 2 rings (SSSR count). The van der Waals surface area contributed by atoms with Crippen molar-refractivity contribution in [1.29, 1.82) is 0 Å². The zero-order valence-electron chi connectivity index (χ0n) is 8.84. The van der Waals surface area contributed by atoms with E-state index < -0.39 is 0 Å². The highest BCUT2D eigenvalue weighted by atomic mass is 15.3. The third kappa shape index (κ3) is 3.24. The smallest absolute Gasteiger partial charge is 0.0489 e. The molecule has 2 nitrogen and oxygen atoms in total. The molecule has 0 saturated carbocycles. The average Bonchev–Trinajstić information content (AvgIpc) is 2.79. The molecule has 0 radical (unpaired) electrons. The summed E-state index contributed by atoms with van der Waals surface area (Å²) in [5.74, 6) is 0. The van der Waals surface area contributed by atoms with E-state index in [1.54, 1.807) is 0 Å². The lowest BCUT2D eigenvalue weighted by Crippen LogP contribution is -1.98. The van der Waals surface area contributed by atoms with Crippen LogP contribution in [-0.2, 0) is 13.0 Å². The average molecular weight is 200 g/mol. The minimum absolute atomic E-state index is 1.03. The first-order valence-corrected chi connectivity index (χ1v) is 5.46. The number of nitrogens with zero attached hydrogens (tertiary/aromatic N) is 2. The summed E-state index contributed by atoms with van der Waals surface area (Å²) >= 11 is 0. The Hall–Kier alpha value is -1.57. The Labute approximate surface area is 90.6 Å². The molecule has 2 aromatic rings. The van der Waals surface area contributed by atoms with E-state index in [-0.39, 0.29) is 0 Å². The molecule has 0 atom stereocenters. The van der Waals surface area contributed by atoms with Crippen molar-refractivity contribution in [2.45, 2.75) is 25.8 Å². The second-order valence-electron chi connectivity index (χ2n) is 3.71. The van der Waals surface area contributed by atoms with Crippen molar-refractivity contribution in [3.05, 3.63) is 54.4 Å². The highest BCUT2D eigenvalue weighted by molar-refractivity contribution is 5.14. The SMILES string of the molecule is c1ccc(CCCCn2cccn2)cc1. The maximum absolute atomic E-state index is 4.18. The normalized spacial score (nSPS) is 10.4. The summed E-state index contributed by atoms with van der Waals surface area (Å²) in [5.41, 5.74) is 1.43. The zero-order chi connectivity index (χ0) is 10.3. The first kappa shape index (κ1) is 9.97. The van der Waals surface area contributed by atoms with Crippen molar-refractivity contribution in [3.63, 3.8) is 0 Å². The molecule has 0 aliphatic heterocycles. The third-order valence-corrected chi connectivity index (χ3v) is 2.50. The van der Waals surface area contributed by atoms with Gasteiger partial charge in [0.05, 0.1) is 0 Å². The summed E-state index contributed by atoms with van der Waals surface area (Å²) in [7, 11) is 0. The molecule has 0 fully saturated rings. The van der Waals surface area contributed by atoms with Crippen LogP contribution in [-0.4, -0.2) is 9.78 Å². The predicted molar refractivity (Wildman–Crippen MR) is 61.6 cm³/mol. The van der Waals surface area contributed by atoms with Crippen LogP contribution in [0, 0.1) is 0 Å². The molecule has 78 valence electrons. The standard InChI is InChI=1S/C13H16N2/c1-2-7-13(8-3-1)9-4-5-11-15-12-6-10-14-15/h1-3,6-8,10,12H,4-5,9,11H2. The van der Waals surface area contributed by atoms with E-state index in [2.05, 4.69) is 35.4 Å². The quantitative estimate of drug-likeness (QED) is 0.678. The molecule has 1 aromatic carbocycles. The van der Waals surface area contributed by atoms with Crippen LogP contribution in [0.2, 0.25) is 0 Å². The molecule has 0 bridgehead atoms. The minimum atomic E-state index is 1.03. The van der Waals surface area contributed by atoms with Gasteiger partial charge in [-0.15, -0.1) is 0 Å². The van der Waals surface area contributed by atoms with Gasteiger partial charge in [-0.3, -0.25) is 4.68 Å². The molecular formula is C13H16N2. The zero-order valence-corrected chi connectivity index (χ0v) is 8.84. The number of hydrogen-bond acceptors (Lipinski definition) is 1. The largest absolute Gasteiger partial charge is 0.273 e. The van der Waals surface area contributed by atoms with Crippen LogP contribution in [0.5, 0.6) is 0 Å². The Kier molecular flexibility index (Phi) is 3.55. The molecule has 0 unspecified atom stereocenters. The van der Waals surface area contributed by atoms with E-state index >= 15 is 0 Å². The van der Waals surface area contributed by atoms with Crippen molar-refractivity contribution < 1.29 is 0 Å². The Morgan fingerprint density at radius 1 is 1.00 bits per heavy atom. The van der Waals surface area contributed by atoms with Gasteiger partial charge in [-0.05, 0) is 30.9 Å². The van der Waals surface area contributed by atoms with Crippen molar-refractivity contribution in [3.8, 4) is 0 Å². The Balaban J connectivity index is 1.68. The van der Waals surface area contributed by atoms with E-state index in [1.807, 2.05) is 23.1 Å². The number of aromatic nitrogens is 2. The van der Waals surface area contributed by atoms with Gasteiger partial charge in [0, 0.05) is 18.9 Å². The van der Waals surface area contributed by atoms with Crippen LogP contribution < -0.4 is 0 Å². The van der Waals surface area contributed by atoms with E-state index in [1.165, 1.54) is 24.8 Å². The van der Waals surface area contributed by atoms with Crippen LogP contribution >= 0.6 is 0 Å². The molecule has 0 spiro atoms. The van der Waals surface area contributed by atoms with Gasteiger partial charge in [-0.2, -0.15) is 5.10 Å². The number of rotatable bonds is 5. The number of hydrogen-bond donors (Lipinski definition) is 0. The summed E-state index contributed by atoms with van der Waals surface area (Å²) in [6.45, 7) is 1.03. The van der Waals surface area contributed by atoms with Crippen molar-refractivity contribution >= 4 is 0 Å². The molecule has 0 aliphatic carbocycles. The van der Waals surface area contributed by atoms with Crippen LogP contribution in [0.3, 0.4) is 0 Å². The molecule has 0 amide bonds. The molecule has 0 saturated heterocycles. The second-order valence-corrected chi connectivity index (χ2v) is 3.71. The summed E-state index contributed by atoms with van der Waals surface area (Å²) in [5, 5.41) is 4.18. The van der Waals surface area contributed by atoms with Crippen LogP contribution in [0.4, 0.5) is 0 Å². The highest BCUT2D eigenvalue weighted by Gasteiger charge is 1.93. The summed E-state index contributed by atoms with van der Waals surface area (Å²) in [6, 6.07) is 12.6. The molecule has 15 heavy (non-hydrogen) atoms. The van der Waals surface area contributed by atoms with Crippen molar-refractivity contribution in [2.24, 2.45) is 0 Å². The third-order valence-electron chi connectivity index (χ3n) is 2.50. The van der Waals surface area contributed by atoms with Gasteiger partial charge in [0.1, 0.15) is 0 Å². The molecule has 1 heterocycles. The fourth-order valence-corrected chi connectivity index (χ4v) is 1.68.